The number of nitrogens with two attached hydrogens (primary N) is 1. The molecule has 1 aliphatic carbocycles. The zero-order chi connectivity index (χ0) is 19.1. The molecule has 0 unspecified atom stereocenters. The van der Waals surface area contributed by atoms with E-state index in [9.17, 15) is 4.79 Å². The molecule has 5 nitrogen and oxygen atoms in total. The van der Waals surface area contributed by atoms with Crippen molar-refractivity contribution in [3.63, 3.8) is 0 Å². The summed E-state index contributed by atoms with van der Waals surface area (Å²) in [6, 6.07) is 7.11. The summed E-state index contributed by atoms with van der Waals surface area (Å²) in [6.45, 7) is 3.90. The molecule has 0 radical (unpaired) electrons. The molecule has 1 aromatic heterocycles. The lowest BCUT2D eigenvalue weighted by Gasteiger charge is -2.39. The van der Waals surface area contributed by atoms with Gasteiger partial charge in [0.25, 0.3) is 5.56 Å². The van der Waals surface area contributed by atoms with Crippen molar-refractivity contribution in [1.82, 2.24) is 9.55 Å². The fourth-order valence-corrected chi connectivity index (χ4v) is 3.94. The Hall–Kier alpha value is -1.56. The van der Waals surface area contributed by atoms with Crippen molar-refractivity contribution in [2.75, 3.05) is 11.9 Å². The van der Waals surface area contributed by atoms with E-state index in [0.29, 0.717) is 33.4 Å². The molecule has 0 spiro atoms. The van der Waals surface area contributed by atoms with E-state index in [1.54, 1.807) is 31.2 Å². The van der Waals surface area contributed by atoms with Crippen LogP contribution in [0.5, 0.6) is 0 Å². The van der Waals surface area contributed by atoms with Gasteiger partial charge in [-0.3, -0.25) is 9.36 Å². The van der Waals surface area contributed by atoms with Crippen molar-refractivity contribution in [3.05, 3.63) is 50.5 Å². The van der Waals surface area contributed by atoms with Crippen LogP contribution in [0.3, 0.4) is 0 Å². The topological polar surface area (TPSA) is 64.2 Å². The number of benzene rings is 1. The number of anilines is 1. The first-order valence-corrected chi connectivity index (χ1v) is 9.52. The Morgan fingerprint density at radius 3 is 2.58 bits per heavy atom. The van der Waals surface area contributed by atoms with E-state index in [2.05, 4.69) is 16.8 Å². The molecule has 0 atom stereocenters. The van der Waals surface area contributed by atoms with Crippen molar-refractivity contribution >= 4 is 29.0 Å². The van der Waals surface area contributed by atoms with E-state index < -0.39 is 0 Å². The monoisotopic (exact) mass is 394 g/mol. The third-order valence-corrected chi connectivity index (χ3v) is 6.06. The van der Waals surface area contributed by atoms with Crippen LogP contribution in [0.15, 0.2) is 29.1 Å². The van der Waals surface area contributed by atoms with Gasteiger partial charge < -0.3 is 10.6 Å². The van der Waals surface area contributed by atoms with Gasteiger partial charge in [-0.2, -0.15) is 0 Å². The highest BCUT2D eigenvalue weighted by Crippen LogP contribution is 2.31. The summed E-state index contributed by atoms with van der Waals surface area (Å²) in [5.74, 6) is 1.25. The molecule has 7 heteroatoms. The third-order valence-electron chi connectivity index (χ3n) is 5.25. The summed E-state index contributed by atoms with van der Waals surface area (Å²) in [5, 5.41) is 0.750. The molecular formula is C19H24Cl2N4O. The Kier molecular flexibility index (Phi) is 5.33. The van der Waals surface area contributed by atoms with Gasteiger partial charge in [0, 0.05) is 24.7 Å². The van der Waals surface area contributed by atoms with Crippen molar-refractivity contribution in [3.8, 4) is 5.69 Å². The number of aryl methyl sites for hydroxylation is 1. The summed E-state index contributed by atoms with van der Waals surface area (Å²) < 4.78 is 1.49. The van der Waals surface area contributed by atoms with Crippen LogP contribution >= 0.6 is 23.2 Å². The van der Waals surface area contributed by atoms with Crippen LogP contribution < -0.4 is 16.2 Å². The molecule has 140 valence electrons. The minimum atomic E-state index is -0.178. The van der Waals surface area contributed by atoms with E-state index in [1.807, 2.05) is 7.05 Å². The quantitative estimate of drug-likeness (QED) is 0.855. The molecule has 3 rings (SSSR count). The smallest absolute Gasteiger partial charge is 0.260 e. The van der Waals surface area contributed by atoms with Gasteiger partial charge in [-0.05, 0) is 51.7 Å². The summed E-state index contributed by atoms with van der Waals surface area (Å²) in [7, 11) is 1.99. The molecule has 1 heterocycles. The lowest BCUT2D eigenvalue weighted by Crippen LogP contribution is -2.46. The highest BCUT2D eigenvalue weighted by atomic mass is 35.5. The van der Waals surface area contributed by atoms with Crippen LogP contribution in [0, 0.1) is 6.92 Å². The minimum Gasteiger partial charge on any atom is -0.356 e. The second kappa shape index (κ2) is 7.22. The molecule has 2 N–H and O–H groups in total. The van der Waals surface area contributed by atoms with Crippen molar-refractivity contribution in [2.24, 2.45) is 5.73 Å². The van der Waals surface area contributed by atoms with Crippen molar-refractivity contribution < 1.29 is 0 Å². The summed E-state index contributed by atoms with van der Waals surface area (Å²) in [6.07, 6.45) is 3.92. The molecule has 0 aliphatic heterocycles. The first-order chi connectivity index (χ1) is 12.2. The average Bonchev–Trinajstić information content (AvgIpc) is 2.57. The Morgan fingerprint density at radius 1 is 1.31 bits per heavy atom. The summed E-state index contributed by atoms with van der Waals surface area (Å²) in [5.41, 5.74) is 6.50. The van der Waals surface area contributed by atoms with Gasteiger partial charge >= 0.3 is 0 Å². The van der Waals surface area contributed by atoms with E-state index >= 15 is 0 Å². The predicted octanol–water partition coefficient (Wildman–Crippen LogP) is 3.94. The van der Waals surface area contributed by atoms with Crippen LogP contribution in [0.2, 0.25) is 10.0 Å². The first kappa shape index (κ1) is 19.2. The molecule has 1 aliphatic rings. The van der Waals surface area contributed by atoms with E-state index in [-0.39, 0.29) is 11.1 Å². The second-order valence-electron chi connectivity index (χ2n) is 7.40. The molecule has 2 aromatic rings. The highest BCUT2D eigenvalue weighted by Gasteiger charge is 2.30. The molecule has 0 amide bonds. The lowest BCUT2D eigenvalue weighted by atomic mass is 9.81. The summed E-state index contributed by atoms with van der Waals surface area (Å²) in [4.78, 5) is 19.5. The van der Waals surface area contributed by atoms with Gasteiger partial charge in [-0.25, -0.2) is 4.98 Å². The molecule has 1 aromatic carbocycles. The van der Waals surface area contributed by atoms with Gasteiger partial charge in [0.1, 0.15) is 11.6 Å². The van der Waals surface area contributed by atoms with E-state index in [0.717, 1.165) is 25.7 Å². The van der Waals surface area contributed by atoms with Crippen molar-refractivity contribution in [2.45, 2.75) is 51.1 Å². The van der Waals surface area contributed by atoms with Gasteiger partial charge in [-0.1, -0.05) is 29.3 Å². The van der Waals surface area contributed by atoms with Crippen LogP contribution in [-0.2, 0) is 0 Å². The SMILES string of the molecule is Cc1nc(N(C)[C@H]2CC[C@@](C)(N)CC2)cc(=O)n1-c1cccc(Cl)c1Cl. The maximum Gasteiger partial charge on any atom is 0.260 e. The predicted molar refractivity (Wildman–Crippen MR) is 108 cm³/mol. The highest BCUT2D eigenvalue weighted by molar-refractivity contribution is 6.43. The van der Waals surface area contributed by atoms with E-state index in [4.69, 9.17) is 28.9 Å². The van der Waals surface area contributed by atoms with E-state index in [1.165, 1.54) is 4.57 Å². The van der Waals surface area contributed by atoms with Gasteiger partial charge in [0.2, 0.25) is 0 Å². The Labute approximate surface area is 163 Å². The molecule has 0 bridgehead atoms. The molecule has 26 heavy (non-hydrogen) atoms. The van der Waals surface area contributed by atoms with Crippen LogP contribution in [0.4, 0.5) is 5.82 Å². The second-order valence-corrected chi connectivity index (χ2v) is 8.19. The fourth-order valence-electron chi connectivity index (χ4n) is 3.56. The lowest BCUT2D eigenvalue weighted by molar-refractivity contribution is 0.290. The van der Waals surface area contributed by atoms with Gasteiger partial charge in [0.15, 0.2) is 0 Å². The number of rotatable bonds is 3. The summed E-state index contributed by atoms with van der Waals surface area (Å²) >= 11 is 12.4. The molecule has 0 saturated heterocycles. The fraction of sp³-hybridized carbons (Fsp3) is 0.474. The molecule has 1 saturated carbocycles. The Morgan fingerprint density at radius 2 is 1.96 bits per heavy atom. The zero-order valence-corrected chi connectivity index (χ0v) is 16.8. The standard InChI is InChI=1S/C19H24Cl2N4O/c1-12-23-16(24(3)13-7-9-19(2,22)10-8-13)11-17(26)25(12)15-6-4-5-14(20)18(15)21/h4-6,11,13H,7-10,22H2,1-3H3/t13-,19+. The van der Waals surface area contributed by atoms with Crippen LogP contribution in [0.25, 0.3) is 5.69 Å². The maximum absolute atomic E-state index is 12.8. The average molecular weight is 395 g/mol. The maximum atomic E-state index is 12.8. The minimum absolute atomic E-state index is 0.0899. The number of nitrogens with zero attached hydrogens (tertiary/aromatic N) is 3. The zero-order valence-electron chi connectivity index (χ0n) is 15.3. The Balaban J connectivity index is 1.93. The first-order valence-electron chi connectivity index (χ1n) is 8.76. The van der Waals surface area contributed by atoms with Crippen LogP contribution in [0.1, 0.15) is 38.4 Å². The number of halogens is 2. The van der Waals surface area contributed by atoms with Crippen molar-refractivity contribution in [1.29, 1.82) is 0 Å². The van der Waals surface area contributed by atoms with Crippen LogP contribution in [-0.4, -0.2) is 28.2 Å². The Bertz CT molecular complexity index is 868. The van der Waals surface area contributed by atoms with Gasteiger partial charge in [-0.15, -0.1) is 0 Å². The van der Waals surface area contributed by atoms with Gasteiger partial charge in [0.05, 0.1) is 15.7 Å². The number of aromatic nitrogens is 2. The number of hydrogen-bond acceptors (Lipinski definition) is 4. The normalized spacial score (nSPS) is 23.1. The molecular weight excluding hydrogens is 371 g/mol. The number of hydrogen-bond donors (Lipinski definition) is 1. The third kappa shape index (κ3) is 3.75. The largest absolute Gasteiger partial charge is 0.356 e. The molecule has 1 fully saturated rings.